The van der Waals surface area contributed by atoms with E-state index in [1.807, 2.05) is 42.5 Å². The molecule has 0 aliphatic carbocycles. The highest BCUT2D eigenvalue weighted by atomic mass is 32.2. The topological polar surface area (TPSA) is 54.4 Å². The van der Waals surface area contributed by atoms with Crippen molar-refractivity contribution < 1.29 is 13.0 Å². The zero-order chi connectivity index (χ0) is 15.3. The molecule has 0 bridgehead atoms. The van der Waals surface area contributed by atoms with Crippen molar-refractivity contribution in [1.82, 2.24) is 0 Å². The molecule has 4 heteroatoms. The lowest BCUT2D eigenvalue weighted by Crippen LogP contribution is -2.02. The molecule has 1 N–H and O–H groups in total. The highest BCUT2D eigenvalue weighted by Crippen LogP contribution is 2.04. The molecule has 0 saturated carbocycles. The molecule has 0 unspecified atom stereocenters. The maximum atomic E-state index is 10.4. The quantitative estimate of drug-likeness (QED) is 0.467. The van der Waals surface area contributed by atoms with Crippen molar-refractivity contribution in [2.75, 3.05) is 5.75 Å². The van der Waals surface area contributed by atoms with Crippen molar-refractivity contribution in [2.24, 2.45) is 0 Å². The lowest BCUT2D eigenvalue weighted by atomic mass is 10.2. The standard InChI is InChI=1S/C12H16O3S.C4H6/c13-16(14,15)11-7-2-1-4-8-12-9-5-3-6-10-12;1-3-4-2/h3-6,8-10H,1-2,7,11H2,(H,13,14,15);3-4H,1-2H2. The zero-order valence-corrected chi connectivity index (χ0v) is 12.4. The summed E-state index contributed by atoms with van der Waals surface area (Å²) in [6.45, 7) is 6.72. The third-order valence-corrected chi connectivity index (χ3v) is 3.10. The van der Waals surface area contributed by atoms with Crippen LogP contribution in [0.5, 0.6) is 0 Å². The summed E-state index contributed by atoms with van der Waals surface area (Å²) < 4.78 is 29.4. The summed E-state index contributed by atoms with van der Waals surface area (Å²) in [6, 6.07) is 9.92. The third-order valence-electron chi connectivity index (χ3n) is 2.30. The highest BCUT2D eigenvalue weighted by molar-refractivity contribution is 7.85. The Bertz CT molecular complexity index is 496. The van der Waals surface area contributed by atoms with Crippen molar-refractivity contribution in [2.45, 2.75) is 19.3 Å². The van der Waals surface area contributed by atoms with Crippen molar-refractivity contribution in [3.63, 3.8) is 0 Å². The predicted molar refractivity (Wildman–Crippen MR) is 86.1 cm³/mol. The Morgan fingerprint density at radius 1 is 1.05 bits per heavy atom. The van der Waals surface area contributed by atoms with E-state index in [1.54, 1.807) is 12.2 Å². The maximum Gasteiger partial charge on any atom is 0.264 e. The van der Waals surface area contributed by atoms with Crippen LogP contribution >= 0.6 is 0 Å². The van der Waals surface area contributed by atoms with Crippen molar-refractivity contribution >= 4 is 16.2 Å². The van der Waals surface area contributed by atoms with Crippen LogP contribution in [0.15, 0.2) is 61.7 Å². The van der Waals surface area contributed by atoms with Crippen LogP contribution in [0, 0.1) is 0 Å². The molecule has 1 aromatic rings. The number of hydrogen-bond acceptors (Lipinski definition) is 2. The van der Waals surface area contributed by atoms with E-state index in [2.05, 4.69) is 13.2 Å². The number of hydrogen-bond donors (Lipinski definition) is 1. The van der Waals surface area contributed by atoms with Gasteiger partial charge in [-0.1, -0.05) is 67.8 Å². The van der Waals surface area contributed by atoms with Gasteiger partial charge in [-0.15, -0.1) is 0 Å². The molecular formula is C16H22O3S. The molecule has 1 aromatic carbocycles. The lowest BCUT2D eigenvalue weighted by molar-refractivity contribution is 0.480. The van der Waals surface area contributed by atoms with Crippen molar-refractivity contribution in [1.29, 1.82) is 0 Å². The van der Waals surface area contributed by atoms with E-state index in [0.717, 1.165) is 18.4 Å². The molecule has 0 heterocycles. The second-order valence-electron chi connectivity index (χ2n) is 4.07. The van der Waals surface area contributed by atoms with Gasteiger partial charge in [0.2, 0.25) is 0 Å². The van der Waals surface area contributed by atoms with E-state index in [-0.39, 0.29) is 5.75 Å². The second-order valence-corrected chi connectivity index (χ2v) is 5.64. The smallest absolute Gasteiger partial charge is 0.264 e. The normalized spacial score (nSPS) is 10.7. The zero-order valence-electron chi connectivity index (χ0n) is 11.6. The summed E-state index contributed by atoms with van der Waals surface area (Å²) in [5, 5.41) is 0. The number of benzene rings is 1. The Morgan fingerprint density at radius 3 is 2.15 bits per heavy atom. The minimum Gasteiger partial charge on any atom is -0.286 e. The molecule has 0 amide bonds. The van der Waals surface area contributed by atoms with Gasteiger partial charge in [0, 0.05) is 0 Å². The Hall–Kier alpha value is -1.65. The molecule has 0 aliphatic rings. The Kier molecular flexibility index (Phi) is 10.3. The Labute approximate surface area is 122 Å². The van der Waals surface area contributed by atoms with Crippen LogP contribution in [-0.4, -0.2) is 18.7 Å². The Balaban J connectivity index is 0.000000796. The molecule has 0 aliphatic heterocycles. The molecular weight excluding hydrogens is 272 g/mol. The van der Waals surface area contributed by atoms with E-state index in [1.165, 1.54) is 0 Å². The molecule has 0 radical (unpaired) electrons. The Morgan fingerprint density at radius 2 is 1.65 bits per heavy atom. The van der Waals surface area contributed by atoms with Gasteiger partial charge in [-0.05, 0) is 24.8 Å². The van der Waals surface area contributed by atoms with Crippen LogP contribution in [0.1, 0.15) is 24.8 Å². The highest BCUT2D eigenvalue weighted by Gasteiger charge is 2.01. The van der Waals surface area contributed by atoms with Crippen LogP contribution in [0.3, 0.4) is 0 Å². The predicted octanol–water partition coefficient (Wildman–Crippen LogP) is 4.12. The van der Waals surface area contributed by atoms with Gasteiger partial charge in [-0.25, -0.2) is 0 Å². The largest absolute Gasteiger partial charge is 0.286 e. The van der Waals surface area contributed by atoms with E-state index in [9.17, 15) is 8.42 Å². The monoisotopic (exact) mass is 294 g/mol. The molecule has 0 aromatic heterocycles. The average molecular weight is 294 g/mol. The first-order chi connectivity index (χ1) is 9.49. The van der Waals surface area contributed by atoms with Gasteiger partial charge in [-0.2, -0.15) is 8.42 Å². The van der Waals surface area contributed by atoms with Gasteiger partial charge < -0.3 is 0 Å². The fourth-order valence-corrected chi connectivity index (χ4v) is 1.90. The van der Waals surface area contributed by atoms with Gasteiger partial charge in [0.15, 0.2) is 0 Å². The van der Waals surface area contributed by atoms with Gasteiger partial charge in [0.1, 0.15) is 0 Å². The van der Waals surface area contributed by atoms with E-state index >= 15 is 0 Å². The first-order valence-corrected chi connectivity index (χ1v) is 8.00. The van der Waals surface area contributed by atoms with E-state index in [4.69, 9.17) is 4.55 Å². The van der Waals surface area contributed by atoms with Crippen LogP contribution in [0.4, 0.5) is 0 Å². The lowest BCUT2D eigenvalue weighted by Gasteiger charge is -1.95. The van der Waals surface area contributed by atoms with Crippen molar-refractivity contribution in [3.05, 3.63) is 67.3 Å². The summed E-state index contributed by atoms with van der Waals surface area (Å²) >= 11 is 0. The summed E-state index contributed by atoms with van der Waals surface area (Å²) in [4.78, 5) is 0. The van der Waals surface area contributed by atoms with Crippen LogP contribution in [0.25, 0.3) is 6.08 Å². The SMILES string of the molecule is C=CC=C.O=S(=O)(O)CCCCC=Cc1ccccc1. The molecule has 110 valence electrons. The van der Waals surface area contributed by atoms with Crippen molar-refractivity contribution in [3.8, 4) is 0 Å². The molecule has 1 rings (SSSR count). The summed E-state index contributed by atoms with van der Waals surface area (Å²) in [7, 11) is -3.79. The van der Waals surface area contributed by atoms with E-state index in [0.29, 0.717) is 6.42 Å². The van der Waals surface area contributed by atoms with E-state index < -0.39 is 10.1 Å². The molecule has 0 spiro atoms. The molecule has 0 saturated heterocycles. The van der Waals surface area contributed by atoms with Gasteiger partial charge in [0.05, 0.1) is 5.75 Å². The molecule has 3 nitrogen and oxygen atoms in total. The first kappa shape index (κ1) is 18.4. The average Bonchev–Trinajstić information content (AvgIpc) is 2.43. The van der Waals surface area contributed by atoms with Gasteiger partial charge in [-0.3, -0.25) is 4.55 Å². The molecule has 0 atom stereocenters. The van der Waals surface area contributed by atoms with Crippen LogP contribution in [-0.2, 0) is 10.1 Å². The summed E-state index contributed by atoms with van der Waals surface area (Å²) in [5.41, 5.74) is 1.14. The number of unbranched alkanes of at least 4 members (excludes halogenated alkanes) is 2. The number of allylic oxidation sites excluding steroid dienone is 3. The second kappa shape index (κ2) is 11.2. The fraction of sp³-hybridized carbons (Fsp3) is 0.250. The van der Waals surface area contributed by atoms with Gasteiger partial charge in [0.25, 0.3) is 10.1 Å². The van der Waals surface area contributed by atoms with Crippen LogP contribution in [0.2, 0.25) is 0 Å². The number of rotatable bonds is 7. The summed E-state index contributed by atoms with van der Waals surface area (Å²) in [6.07, 6.45) is 9.39. The van der Waals surface area contributed by atoms with Crippen LogP contribution < -0.4 is 0 Å². The van der Waals surface area contributed by atoms with Gasteiger partial charge >= 0.3 is 0 Å². The first-order valence-electron chi connectivity index (χ1n) is 6.40. The molecule has 0 fully saturated rings. The summed E-state index contributed by atoms with van der Waals surface area (Å²) in [5.74, 6) is -0.147. The maximum absolute atomic E-state index is 10.4. The minimum absolute atomic E-state index is 0.147. The molecule has 20 heavy (non-hydrogen) atoms. The third kappa shape index (κ3) is 12.8. The fourth-order valence-electron chi connectivity index (χ4n) is 1.33. The minimum atomic E-state index is -3.79.